The van der Waals surface area contributed by atoms with Crippen molar-refractivity contribution >= 4 is 40.1 Å². The third kappa shape index (κ3) is 3.36. The Morgan fingerprint density at radius 2 is 1.83 bits per heavy atom. The summed E-state index contributed by atoms with van der Waals surface area (Å²) in [5.74, 6) is 0.748. The molecule has 30 heavy (non-hydrogen) atoms. The molecule has 2 aromatic carbocycles. The number of hydrogen-bond acceptors (Lipinski definition) is 5. The molecule has 1 aliphatic carbocycles. The largest absolute Gasteiger partial charge is 0.449 e. The average Bonchev–Trinajstić information content (AvgIpc) is 3.38. The molecule has 1 amide bonds. The number of benzene rings is 2. The highest BCUT2D eigenvalue weighted by Crippen LogP contribution is 2.35. The van der Waals surface area contributed by atoms with Crippen LogP contribution in [0.5, 0.6) is 0 Å². The summed E-state index contributed by atoms with van der Waals surface area (Å²) < 4.78 is 11.7. The van der Waals surface area contributed by atoms with Crippen molar-refractivity contribution in [2.24, 2.45) is 0 Å². The molecule has 5 rings (SSSR count). The van der Waals surface area contributed by atoms with Gasteiger partial charge in [-0.1, -0.05) is 47.5 Å². The van der Waals surface area contributed by atoms with Crippen molar-refractivity contribution in [2.45, 2.75) is 32.4 Å². The first-order chi connectivity index (χ1) is 14.5. The van der Waals surface area contributed by atoms with Gasteiger partial charge in [0.05, 0.1) is 22.2 Å². The molecule has 0 bridgehead atoms. The molecule has 1 saturated carbocycles. The van der Waals surface area contributed by atoms with Crippen LogP contribution in [0.25, 0.3) is 22.4 Å². The standard InChI is InChI=1S/C22H17Cl2N3O3/c1-12-14-6-4-8-17(24)20(14)30-19(12)22(28)27(13-9-10-13)11-18-25-26-21(29-18)15-5-2-3-7-16(15)23/h2-8,13H,9-11H2,1H3. The second-order valence-electron chi connectivity index (χ2n) is 7.32. The zero-order valence-corrected chi connectivity index (χ0v) is 17.6. The van der Waals surface area contributed by atoms with Crippen molar-refractivity contribution < 1.29 is 13.6 Å². The highest BCUT2D eigenvalue weighted by atomic mass is 35.5. The van der Waals surface area contributed by atoms with Gasteiger partial charge in [-0.2, -0.15) is 0 Å². The van der Waals surface area contributed by atoms with Crippen molar-refractivity contribution in [1.29, 1.82) is 0 Å². The van der Waals surface area contributed by atoms with Crippen LogP contribution in [0.1, 0.15) is 34.9 Å². The van der Waals surface area contributed by atoms with Crippen LogP contribution in [-0.4, -0.2) is 27.0 Å². The molecule has 2 aromatic heterocycles. The second kappa shape index (κ2) is 7.45. The molecule has 1 fully saturated rings. The number of furan rings is 1. The predicted molar refractivity (Wildman–Crippen MR) is 114 cm³/mol. The Kier molecular flexibility index (Phi) is 4.76. The van der Waals surface area contributed by atoms with Crippen molar-refractivity contribution in [1.82, 2.24) is 15.1 Å². The molecule has 0 spiro atoms. The molecule has 0 radical (unpaired) electrons. The molecule has 4 aromatic rings. The van der Waals surface area contributed by atoms with Gasteiger partial charge >= 0.3 is 0 Å². The number of aryl methyl sites for hydroxylation is 1. The average molecular weight is 442 g/mol. The van der Waals surface area contributed by atoms with Gasteiger partial charge in [0.2, 0.25) is 11.8 Å². The van der Waals surface area contributed by atoms with Crippen molar-refractivity contribution in [3.8, 4) is 11.5 Å². The van der Waals surface area contributed by atoms with Crippen LogP contribution in [-0.2, 0) is 6.54 Å². The number of carbonyl (C=O) groups excluding carboxylic acids is 1. The molecule has 0 aliphatic heterocycles. The van der Waals surface area contributed by atoms with Gasteiger partial charge in [-0.25, -0.2) is 0 Å². The van der Waals surface area contributed by atoms with E-state index in [-0.39, 0.29) is 24.3 Å². The Morgan fingerprint density at radius 1 is 1.07 bits per heavy atom. The van der Waals surface area contributed by atoms with Crippen LogP contribution < -0.4 is 0 Å². The van der Waals surface area contributed by atoms with Crippen LogP contribution in [0.15, 0.2) is 51.3 Å². The van der Waals surface area contributed by atoms with Gasteiger partial charge < -0.3 is 13.7 Å². The van der Waals surface area contributed by atoms with E-state index in [2.05, 4.69) is 10.2 Å². The van der Waals surface area contributed by atoms with Crippen LogP contribution in [0.2, 0.25) is 10.0 Å². The zero-order chi connectivity index (χ0) is 20.8. The van der Waals surface area contributed by atoms with E-state index in [1.54, 1.807) is 17.0 Å². The lowest BCUT2D eigenvalue weighted by Crippen LogP contribution is -2.32. The first-order valence-electron chi connectivity index (χ1n) is 9.59. The third-order valence-electron chi connectivity index (χ3n) is 5.24. The molecule has 1 aliphatic rings. The quantitative estimate of drug-likeness (QED) is 0.385. The first-order valence-corrected chi connectivity index (χ1v) is 10.3. The number of halogens is 2. The summed E-state index contributed by atoms with van der Waals surface area (Å²) in [7, 11) is 0. The van der Waals surface area contributed by atoms with Gasteiger partial charge in [0.25, 0.3) is 5.91 Å². The van der Waals surface area contributed by atoms with E-state index in [1.807, 2.05) is 37.3 Å². The lowest BCUT2D eigenvalue weighted by Gasteiger charge is -2.19. The van der Waals surface area contributed by atoms with E-state index in [4.69, 9.17) is 32.0 Å². The molecule has 8 heteroatoms. The zero-order valence-electron chi connectivity index (χ0n) is 16.1. The molecule has 152 valence electrons. The minimum absolute atomic E-state index is 0.122. The molecular weight excluding hydrogens is 425 g/mol. The lowest BCUT2D eigenvalue weighted by molar-refractivity contribution is 0.0683. The minimum atomic E-state index is -0.209. The van der Waals surface area contributed by atoms with Gasteiger partial charge in [0.15, 0.2) is 11.3 Å². The maximum absolute atomic E-state index is 13.3. The van der Waals surface area contributed by atoms with Gasteiger partial charge in [0.1, 0.15) is 0 Å². The van der Waals surface area contributed by atoms with Gasteiger partial charge in [0, 0.05) is 17.0 Å². The monoisotopic (exact) mass is 441 g/mol. The minimum Gasteiger partial charge on any atom is -0.449 e. The van der Waals surface area contributed by atoms with Gasteiger partial charge in [-0.05, 0) is 38.0 Å². The van der Waals surface area contributed by atoms with E-state index in [0.29, 0.717) is 33.0 Å². The summed E-state index contributed by atoms with van der Waals surface area (Å²) in [5, 5.41) is 10.1. The van der Waals surface area contributed by atoms with E-state index in [0.717, 1.165) is 23.8 Å². The summed E-state index contributed by atoms with van der Waals surface area (Å²) in [6.07, 6.45) is 1.86. The third-order valence-corrected chi connectivity index (χ3v) is 5.86. The van der Waals surface area contributed by atoms with Crippen molar-refractivity contribution in [3.05, 3.63) is 69.7 Å². The highest BCUT2D eigenvalue weighted by Gasteiger charge is 2.36. The van der Waals surface area contributed by atoms with E-state index in [1.165, 1.54) is 0 Å². The predicted octanol–water partition coefficient (Wildman–Crippen LogP) is 5.90. The molecule has 2 heterocycles. The van der Waals surface area contributed by atoms with E-state index < -0.39 is 0 Å². The lowest BCUT2D eigenvalue weighted by atomic mass is 10.1. The molecular formula is C22H17Cl2N3O3. The van der Waals surface area contributed by atoms with Crippen LogP contribution >= 0.6 is 23.2 Å². The number of amides is 1. The topological polar surface area (TPSA) is 72.4 Å². The maximum atomic E-state index is 13.3. The first kappa shape index (κ1) is 19.2. The molecule has 0 N–H and O–H groups in total. The van der Waals surface area contributed by atoms with Crippen molar-refractivity contribution in [2.75, 3.05) is 0 Å². The van der Waals surface area contributed by atoms with Crippen LogP contribution in [0.3, 0.4) is 0 Å². The van der Waals surface area contributed by atoms with Gasteiger partial charge in [-0.3, -0.25) is 4.79 Å². The van der Waals surface area contributed by atoms with Crippen molar-refractivity contribution in [3.63, 3.8) is 0 Å². The fourth-order valence-electron chi connectivity index (χ4n) is 3.50. The van der Waals surface area contributed by atoms with E-state index in [9.17, 15) is 4.79 Å². The fourth-order valence-corrected chi connectivity index (χ4v) is 3.93. The Labute approximate surface area is 182 Å². The Hall–Kier alpha value is -2.83. The Bertz CT molecular complexity index is 1260. The summed E-state index contributed by atoms with van der Waals surface area (Å²) >= 11 is 12.5. The molecule has 6 nitrogen and oxygen atoms in total. The number of fused-ring (bicyclic) bond motifs is 1. The van der Waals surface area contributed by atoms with Crippen LogP contribution in [0.4, 0.5) is 0 Å². The SMILES string of the molecule is Cc1c(C(=O)N(Cc2nnc(-c3ccccc3Cl)o2)C2CC2)oc2c(Cl)cccc12. The number of hydrogen-bond donors (Lipinski definition) is 0. The molecule has 0 atom stereocenters. The van der Waals surface area contributed by atoms with Crippen LogP contribution in [0, 0.1) is 6.92 Å². The molecule has 0 saturated heterocycles. The number of carbonyl (C=O) groups is 1. The second-order valence-corrected chi connectivity index (χ2v) is 8.13. The number of aromatic nitrogens is 2. The van der Waals surface area contributed by atoms with E-state index >= 15 is 0 Å². The highest BCUT2D eigenvalue weighted by molar-refractivity contribution is 6.35. The number of nitrogens with zero attached hydrogens (tertiary/aromatic N) is 3. The summed E-state index contributed by atoms with van der Waals surface area (Å²) in [6, 6.07) is 12.9. The Morgan fingerprint density at radius 3 is 2.57 bits per heavy atom. The molecule has 0 unspecified atom stereocenters. The number of para-hydroxylation sites is 1. The normalized spacial score (nSPS) is 13.7. The Balaban J connectivity index is 1.45. The summed E-state index contributed by atoms with van der Waals surface area (Å²) in [5.41, 5.74) is 1.95. The summed E-state index contributed by atoms with van der Waals surface area (Å²) in [4.78, 5) is 15.1. The fraction of sp³-hybridized carbons (Fsp3) is 0.227. The summed E-state index contributed by atoms with van der Waals surface area (Å²) in [6.45, 7) is 2.06. The van der Waals surface area contributed by atoms with Gasteiger partial charge in [-0.15, -0.1) is 10.2 Å². The number of rotatable bonds is 5. The smallest absolute Gasteiger partial charge is 0.290 e. The maximum Gasteiger partial charge on any atom is 0.290 e.